The number of nitrogens with zero attached hydrogens (tertiary/aromatic N) is 2. The van der Waals surface area contributed by atoms with E-state index in [0.717, 1.165) is 6.42 Å². The van der Waals surface area contributed by atoms with Gasteiger partial charge in [0.1, 0.15) is 16.4 Å². The van der Waals surface area contributed by atoms with Crippen molar-refractivity contribution in [2.45, 2.75) is 19.4 Å². The van der Waals surface area contributed by atoms with E-state index in [1.165, 1.54) is 0 Å². The highest BCUT2D eigenvalue weighted by atomic mass is 127. The Hall–Kier alpha value is 0.350. The van der Waals surface area contributed by atoms with Gasteiger partial charge in [-0.3, -0.25) is 0 Å². The predicted octanol–water partition coefficient (Wildman–Crippen LogP) is 3.49. The van der Waals surface area contributed by atoms with E-state index in [4.69, 9.17) is 27.9 Å². The molecule has 0 aromatic carbocycles. The first-order valence-electron chi connectivity index (χ1n) is 4.01. The van der Waals surface area contributed by atoms with Gasteiger partial charge in [-0.15, -0.1) is 0 Å². The van der Waals surface area contributed by atoms with Crippen LogP contribution in [-0.4, -0.2) is 17.1 Å². The van der Waals surface area contributed by atoms with Crippen LogP contribution in [0.4, 0.5) is 0 Å². The van der Waals surface area contributed by atoms with Crippen LogP contribution >= 0.6 is 45.8 Å². The SMILES string of the molecule is CCC(OC)c1nc(Cl)c(I)c(Cl)n1. The average Bonchev–Trinajstić information content (AvgIpc) is 2.16. The fraction of sp³-hybridized carbons (Fsp3) is 0.500. The smallest absolute Gasteiger partial charge is 0.160 e. The van der Waals surface area contributed by atoms with Crippen molar-refractivity contribution in [2.24, 2.45) is 0 Å². The lowest BCUT2D eigenvalue weighted by molar-refractivity contribution is 0.0925. The molecule has 0 spiro atoms. The molecule has 1 rings (SSSR count). The molecule has 1 unspecified atom stereocenters. The van der Waals surface area contributed by atoms with Crippen LogP contribution < -0.4 is 0 Å². The first-order valence-corrected chi connectivity index (χ1v) is 5.84. The molecule has 0 bridgehead atoms. The Morgan fingerprint density at radius 1 is 1.36 bits per heavy atom. The van der Waals surface area contributed by atoms with E-state index in [9.17, 15) is 0 Å². The summed E-state index contributed by atoms with van der Waals surface area (Å²) in [4.78, 5) is 8.23. The maximum Gasteiger partial charge on any atom is 0.160 e. The van der Waals surface area contributed by atoms with Crippen LogP contribution in [0.2, 0.25) is 10.3 Å². The Balaban J connectivity index is 3.11. The molecule has 1 aromatic rings. The van der Waals surface area contributed by atoms with Crippen molar-refractivity contribution in [3.8, 4) is 0 Å². The van der Waals surface area contributed by atoms with Crippen molar-refractivity contribution >= 4 is 45.8 Å². The highest BCUT2D eigenvalue weighted by Crippen LogP contribution is 2.26. The van der Waals surface area contributed by atoms with Gasteiger partial charge in [-0.25, -0.2) is 9.97 Å². The summed E-state index contributed by atoms with van der Waals surface area (Å²) in [6, 6.07) is 0. The van der Waals surface area contributed by atoms with Gasteiger partial charge in [0.2, 0.25) is 0 Å². The van der Waals surface area contributed by atoms with Gasteiger partial charge in [0.25, 0.3) is 0 Å². The highest BCUT2D eigenvalue weighted by Gasteiger charge is 2.15. The second kappa shape index (κ2) is 5.44. The molecule has 1 aromatic heterocycles. The Labute approximate surface area is 106 Å². The van der Waals surface area contributed by atoms with Crippen LogP contribution in [0, 0.1) is 3.57 Å². The Kier molecular flexibility index (Phi) is 4.82. The second-order valence-corrected chi connectivity index (χ2v) is 4.40. The number of hydrogen-bond donors (Lipinski definition) is 0. The van der Waals surface area contributed by atoms with Gasteiger partial charge >= 0.3 is 0 Å². The van der Waals surface area contributed by atoms with Gasteiger partial charge in [0.15, 0.2) is 5.82 Å². The minimum atomic E-state index is -0.151. The molecule has 78 valence electrons. The van der Waals surface area contributed by atoms with E-state index in [2.05, 4.69) is 9.97 Å². The standard InChI is InChI=1S/C8H9Cl2IN2O/c1-3-4(14-2)8-12-6(9)5(11)7(10)13-8/h4H,3H2,1-2H3. The third-order valence-corrected chi connectivity index (χ3v) is 3.94. The summed E-state index contributed by atoms with van der Waals surface area (Å²) in [7, 11) is 1.61. The van der Waals surface area contributed by atoms with E-state index in [1.54, 1.807) is 7.11 Å². The summed E-state index contributed by atoms with van der Waals surface area (Å²) in [6.07, 6.45) is 0.631. The summed E-state index contributed by atoms with van der Waals surface area (Å²) in [5.41, 5.74) is 0. The summed E-state index contributed by atoms with van der Waals surface area (Å²) < 4.78 is 5.86. The number of aromatic nitrogens is 2. The molecule has 0 fully saturated rings. The van der Waals surface area contributed by atoms with Crippen molar-refractivity contribution in [1.82, 2.24) is 9.97 Å². The summed E-state index contributed by atoms with van der Waals surface area (Å²) in [5, 5.41) is 0.743. The maximum absolute atomic E-state index is 5.88. The van der Waals surface area contributed by atoms with E-state index in [0.29, 0.717) is 19.7 Å². The zero-order valence-electron chi connectivity index (χ0n) is 7.72. The molecule has 1 atom stereocenters. The number of halogens is 3. The summed E-state index contributed by atoms with van der Waals surface area (Å²) in [6.45, 7) is 1.98. The van der Waals surface area contributed by atoms with Gasteiger partial charge in [0.05, 0.1) is 3.57 Å². The zero-order chi connectivity index (χ0) is 10.7. The molecule has 0 radical (unpaired) electrons. The van der Waals surface area contributed by atoms with Crippen LogP contribution in [-0.2, 0) is 4.74 Å². The van der Waals surface area contributed by atoms with E-state index in [-0.39, 0.29) is 6.10 Å². The molecule has 14 heavy (non-hydrogen) atoms. The minimum Gasteiger partial charge on any atom is -0.373 e. The van der Waals surface area contributed by atoms with Gasteiger partial charge < -0.3 is 4.74 Å². The molecule has 0 aliphatic heterocycles. The van der Waals surface area contributed by atoms with Crippen LogP contribution in [0.5, 0.6) is 0 Å². The van der Waals surface area contributed by atoms with Crippen molar-refractivity contribution in [1.29, 1.82) is 0 Å². The molecule has 0 saturated carbocycles. The fourth-order valence-corrected chi connectivity index (χ4v) is 1.65. The number of rotatable bonds is 3. The monoisotopic (exact) mass is 346 g/mol. The predicted molar refractivity (Wildman–Crippen MR) is 64.8 cm³/mol. The molecule has 0 aliphatic rings. The normalized spacial score (nSPS) is 12.9. The van der Waals surface area contributed by atoms with Gasteiger partial charge in [-0.2, -0.15) is 0 Å². The lowest BCUT2D eigenvalue weighted by Gasteiger charge is -2.12. The van der Waals surface area contributed by atoms with E-state index < -0.39 is 0 Å². The Morgan fingerprint density at radius 2 is 1.86 bits per heavy atom. The van der Waals surface area contributed by atoms with Gasteiger partial charge in [0, 0.05) is 7.11 Å². The van der Waals surface area contributed by atoms with Gasteiger partial charge in [-0.05, 0) is 29.0 Å². The third kappa shape index (κ3) is 2.68. The molecule has 0 amide bonds. The quantitative estimate of drug-likeness (QED) is 0.620. The fourth-order valence-electron chi connectivity index (χ4n) is 1.01. The molecule has 3 nitrogen and oxygen atoms in total. The van der Waals surface area contributed by atoms with Crippen molar-refractivity contribution in [3.63, 3.8) is 0 Å². The third-order valence-electron chi connectivity index (χ3n) is 1.73. The molecular weight excluding hydrogens is 338 g/mol. The first kappa shape index (κ1) is 12.4. The first-order chi connectivity index (χ1) is 6.60. The number of ether oxygens (including phenoxy) is 1. The lowest BCUT2D eigenvalue weighted by Crippen LogP contribution is -2.07. The summed E-state index contributed by atoms with van der Waals surface area (Å²) in [5.74, 6) is 0.533. The molecule has 0 N–H and O–H groups in total. The average molecular weight is 347 g/mol. The highest BCUT2D eigenvalue weighted by molar-refractivity contribution is 14.1. The second-order valence-electron chi connectivity index (χ2n) is 2.61. The number of methoxy groups -OCH3 is 1. The maximum atomic E-state index is 5.88. The van der Waals surface area contributed by atoms with Crippen molar-refractivity contribution in [3.05, 3.63) is 19.7 Å². The molecule has 1 heterocycles. The number of hydrogen-bond acceptors (Lipinski definition) is 3. The lowest BCUT2D eigenvalue weighted by atomic mass is 10.2. The van der Waals surface area contributed by atoms with Crippen LogP contribution in [0.25, 0.3) is 0 Å². The largest absolute Gasteiger partial charge is 0.373 e. The Morgan fingerprint density at radius 3 is 2.21 bits per heavy atom. The van der Waals surface area contributed by atoms with Crippen LogP contribution in [0.3, 0.4) is 0 Å². The van der Waals surface area contributed by atoms with Gasteiger partial charge in [-0.1, -0.05) is 30.1 Å². The summed E-state index contributed by atoms with van der Waals surface area (Å²) >= 11 is 13.8. The molecular formula is C8H9Cl2IN2O. The van der Waals surface area contributed by atoms with Crippen LogP contribution in [0.15, 0.2) is 0 Å². The van der Waals surface area contributed by atoms with Crippen molar-refractivity contribution in [2.75, 3.05) is 7.11 Å². The van der Waals surface area contributed by atoms with Crippen LogP contribution in [0.1, 0.15) is 25.3 Å². The Bertz CT molecular complexity index is 308. The molecule has 6 heteroatoms. The molecule has 0 saturated heterocycles. The topological polar surface area (TPSA) is 35.0 Å². The van der Waals surface area contributed by atoms with E-state index in [1.807, 2.05) is 29.5 Å². The van der Waals surface area contributed by atoms with E-state index >= 15 is 0 Å². The van der Waals surface area contributed by atoms with Crippen molar-refractivity contribution < 1.29 is 4.74 Å². The zero-order valence-corrected chi connectivity index (χ0v) is 11.4. The molecule has 0 aliphatic carbocycles. The minimum absolute atomic E-state index is 0.151.